The van der Waals surface area contributed by atoms with Crippen LogP contribution in [0.2, 0.25) is 0 Å². The van der Waals surface area contributed by atoms with E-state index in [1.54, 1.807) is 30.4 Å². The summed E-state index contributed by atoms with van der Waals surface area (Å²) in [6.07, 6.45) is 0. The van der Waals surface area contributed by atoms with Crippen LogP contribution >= 0.6 is 11.3 Å². The standard InChI is InChI=1S/C18H18N4O3S/c1-12(18(23)19-13-6-5-7-14(10-13)22(24)25)21(2)11-17-20-15-8-3-4-9-16(15)26-17/h3-10,12H,11H2,1-2H3,(H,19,23). The summed E-state index contributed by atoms with van der Waals surface area (Å²) in [7, 11) is 1.85. The number of rotatable bonds is 6. The van der Waals surface area contributed by atoms with Crippen LogP contribution < -0.4 is 5.32 Å². The summed E-state index contributed by atoms with van der Waals surface area (Å²) in [5.74, 6) is -0.228. The number of thiazole rings is 1. The molecule has 1 aromatic heterocycles. The minimum atomic E-state index is -0.488. The predicted molar refractivity (Wildman–Crippen MR) is 102 cm³/mol. The largest absolute Gasteiger partial charge is 0.324 e. The summed E-state index contributed by atoms with van der Waals surface area (Å²) in [6.45, 7) is 2.34. The summed E-state index contributed by atoms with van der Waals surface area (Å²) in [5.41, 5.74) is 1.30. The van der Waals surface area contributed by atoms with Crippen molar-refractivity contribution in [2.45, 2.75) is 19.5 Å². The van der Waals surface area contributed by atoms with Crippen molar-refractivity contribution in [2.24, 2.45) is 0 Å². The molecular formula is C18H18N4O3S. The fourth-order valence-electron chi connectivity index (χ4n) is 2.48. The number of nitro groups is 1. The number of non-ortho nitro benzene ring substituents is 1. The van der Waals surface area contributed by atoms with Gasteiger partial charge in [0.15, 0.2) is 0 Å². The maximum Gasteiger partial charge on any atom is 0.271 e. The number of nitrogens with zero attached hydrogens (tertiary/aromatic N) is 3. The van der Waals surface area contributed by atoms with E-state index in [-0.39, 0.29) is 11.6 Å². The molecule has 0 spiro atoms. The number of anilines is 1. The van der Waals surface area contributed by atoms with Gasteiger partial charge in [-0.05, 0) is 32.2 Å². The van der Waals surface area contributed by atoms with Crippen molar-refractivity contribution in [1.82, 2.24) is 9.88 Å². The van der Waals surface area contributed by atoms with Crippen LogP contribution in [0.3, 0.4) is 0 Å². The molecule has 1 amide bonds. The Morgan fingerprint density at radius 3 is 2.81 bits per heavy atom. The summed E-state index contributed by atoms with van der Waals surface area (Å²) < 4.78 is 1.12. The number of fused-ring (bicyclic) bond motifs is 1. The lowest BCUT2D eigenvalue weighted by Gasteiger charge is -2.22. The molecule has 0 saturated carbocycles. The average molecular weight is 370 g/mol. The smallest absolute Gasteiger partial charge is 0.271 e. The first-order chi connectivity index (χ1) is 12.4. The van der Waals surface area contributed by atoms with Gasteiger partial charge in [0.25, 0.3) is 5.69 Å². The van der Waals surface area contributed by atoms with Gasteiger partial charge >= 0.3 is 0 Å². The third-order valence-electron chi connectivity index (χ3n) is 4.09. The molecule has 2 aromatic carbocycles. The molecule has 0 bridgehead atoms. The highest BCUT2D eigenvalue weighted by atomic mass is 32.1. The fraction of sp³-hybridized carbons (Fsp3) is 0.222. The minimum absolute atomic E-state index is 0.0571. The molecule has 8 heteroatoms. The molecule has 3 aromatic rings. The van der Waals surface area contributed by atoms with Gasteiger partial charge in [-0.25, -0.2) is 4.98 Å². The maximum atomic E-state index is 12.5. The van der Waals surface area contributed by atoms with E-state index in [4.69, 9.17) is 0 Å². The highest BCUT2D eigenvalue weighted by Crippen LogP contribution is 2.23. The minimum Gasteiger partial charge on any atom is -0.324 e. The van der Waals surface area contributed by atoms with Crippen LogP contribution in [0.1, 0.15) is 11.9 Å². The Hall–Kier alpha value is -2.84. The zero-order valence-electron chi connectivity index (χ0n) is 14.4. The Balaban J connectivity index is 1.65. The number of nitrogens with one attached hydrogen (secondary N) is 1. The Labute approximate surface area is 154 Å². The molecular weight excluding hydrogens is 352 g/mol. The number of nitro benzene ring substituents is 1. The molecule has 0 fully saturated rings. The number of hydrogen-bond acceptors (Lipinski definition) is 6. The van der Waals surface area contributed by atoms with Gasteiger partial charge < -0.3 is 5.32 Å². The van der Waals surface area contributed by atoms with Crippen LogP contribution in [0.25, 0.3) is 10.2 Å². The normalized spacial score (nSPS) is 12.3. The molecule has 1 heterocycles. The first kappa shape index (κ1) is 18.0. The van der Waals surface area contributed by atoms with Crippen LogP contribution in [0.4, 0.5) is 11.4 Å². The number of amides is 1. The Morgan fingerprint density at radius 1 is 1.31 bits per heavy atom. The van der Waals surface area contributed by atoms with Crippen LogP contribution in [0.5, 0.6) is 0 Å². The molecule has 0 aliphatic rings. The molecule has 7 nitrogen and oxygen atoms in total. The molecule has 26 heavy (non-hydrogen) atoms. The Morgan fingerprint density at radius 2 is 2.08 bits per heavy atom. The second-order valence-electron chi connectivity index (χ2n) is 5.96. The van der Waals surface area contributed by atoms with Gasteiger partial charge in [0.1, 0.15) is 5.01 Å². The number of carbonyl (C=O) groups is 1. The molecule has 1 atom stereocenters. The number of carbonyl (C=O) groups excluding carboxylic acids is 1. The number of hydrogen-bond donors (Lipinski definition) is 1. The van der Waals surface area contributed by atoms with Gasteiger partial charge in [-0.2, -0.15) is 0 Å². The van der Waals surface area contributed by atoms with Crippen molar-refractivity contribution >= 4 is 38.8 Å². The van der Waals surface area contributed by atoms with Crippen molar-refractivity contribution in [1.29, 1.82) is 0 Å². The summed E-state index contributed by atoms with van der Waals surface area (Å²) >= 11 is 1.60. The molecule has 0 saturated heterocycles. The van der Waals surface area contributed by atoms with Crippen molar-refractivity contribution in [3.8, 4) is 0 Å². The lowest BCUT2D eigenvalue weighted by atomic mass is 10.2. The van der Waals surface area contributed by atoms with E-state index in [9.17, 15) is 14.9 Å². The molecule has 1 N–H and O–H groups in total. The summed E-state index contributed by atoms with van der Waals surface area (Å²) in [5, 5.41) is 14.5. The van der Waals surface area contributed by atoms with E-state index in [0.29, 0.717) is 12.2 Å². The van der Waals surface area contributed by atoms with Crippen LogP contribution in [-0.2, 0) is 11.3 Å². The lowest BCUT2D eigenvalue weighted by molar-refractivity contribution is -0.384. The van der Waals surface area contributed by atoms with Crippen molar-refractivity contribution < 1.29 is 9.72 Å². The van der Waals surface area contributed by atoms with Crippen molar-refractivity contribution in [2.75, 3.05) is 12.4 Å². The zero-order chi connectivity index (χ0) is 18.7. The number of likely N-dealkylation sites (N-methyl/N-ethyl adjacent to an activating group) is 1. The second kappa shape index (κ2) is 7.59. The third-order valence-corrected chi connectivity index (χ3v) is 5.11. The van der Waals surface area contributed by atoms with Gasteiger partial charge in [0.2, 0.25) is 5.91 Å². The van der Waals surface area contributed by atoms with Crippen molar-refractivity contribution in [3.63, 3.8) is 0 Å². The first-order valence-electron chi connectivity index (χ1n) is 8.04. The van der Waals surface area contributed by atoms with Gasteiger partial charge in [-0.15, -0.1) is 11.3 Å². The predicted octanol–water partition coefficient (Wildman–Crippen LogP) is 3.66. The van der Waals surface area contributed by atoms with Crippen LogP contribution in [0.15, 0.2) is 48.5 Å². The highest BCUT2D eigenvalue weighted by molar-refractivity contribution is 7.18. The van der Waals surface area contributed by atoms with Gasteiger partial charge in [-0.3, -0.25) is 19.8 Å². The Bertz CT molecular complexity index is 923. The van der Waals surface area contributed by atoms with Gasteiger partial charge in [-0.1, -0.05) is 18.2 Å². The Kier molecular flexibility index (Phi) is 5.24. The monoisotopic (exact) mass is 370 g/mol. The quantitative estimate of drug-likeness (QED) is 0.528. The molecule has 3 rings (SSSR count). The number of para-hydroxylation sites is 1. The molecule has 0 aliphatic carbocycles. The van der Waals surface area contributed by atoms with Gasteiger partial charge in [0.05, 0.1) is 27.7 Å². The van der Waals surface area contributed by atoms with E-state index in [1.807, 2.05) is 36.2 Å². The third kappa shape index (κ3) is 4.04. The number of benzene rings is 2. The van der Waals surface area contributed by atoms with E-state index in [1.165, 1.54) is 12.1 Å². The van der Waals surface area contributed by atoms with E-state index >= 15 is 0 Å². The highest BCUT2D eigenvalue weighted by Gasteiger charge is 2.20. The van der Waals surface area contributed by atoms with Crippen molar-refractivity contribution in [3.05, 3.63) is 63.7 Å². The topological polar surface area (TPSA) is 88.4 Å². The second-order valence-corrected chi connectivity index (χ2v) is 7.08. The van der Waals surface area contributed by atoms with Crippen LogP contribution in [0, 0.1) is 10.1 Å². The fourth-order valence-corrected chi connectivity index (χ4v) is 3.51. The lowest BCUT2D eigenvalue weighted by Crippen LogP contribution is -2.39. The zero-order valence-corrected chi connectivity index (χ0v) is 15.2. The average Bonchev–Trinajstić information content (AvgIpc) is 3.03. The molecule has 0 radical (unpaired) electrons. The van der Waals surface area contributed by atoms with Gasteiger partial charge in [0, 0.05) is 17.8 Å². The molecule has 1 unspecified atom stereocenters. The molecule has 0 aliphatic heterocycles. The van der Waals surface area contributed by atoms with E-state index in [2.05, 4.69) is 10.3 Å². The van der Waals surface area contributed by atoms with E-state index < -0.39 is 11.0 Å². The summed E-state index contributed by atoms with van der Waals surface area (Å²) in [4.78, 5) is 29.3. The van der Waals surface area contributed by atoms with E-state index in [0.717, 1.165) is 15.2 Å². The maximum absolute atomic E-state index is 12.5. The SMILES string of the molecule is CC(C(=O)Nc1cccc([N+](=O)[O-])c1)N(C)Cc1nc2ccccc2s1. The molecule has 134 valence electrons. The number of aromatic nitrogens is 1. The summed E-state index contributed by atoms with van der Waals surface area (Å²) in [6, 6.07) is 13.4. The van der Waals surface area contributed by atoms with Crippen LogP contribution in [-0.4, -0.2) is 33.8 Å². The first-order valence-corrected chi connectivity index (χ1v) is 8.85.